The van der Waals surface area contributed by atoms with Crippen molar-refractivity contribution in [3.8, 4) is 0 Å². The zero-order chi connectivity index (χ0) is 22.1. The van der Waals surface area contributed by atoms with Crippen LogP contribution in [-0.4, -0.2) is 23.0 Å². The molecule has 0 bridgehead atoms. The molecule has 0 aliphatic heterocycles. The van der Waals surface area contributed by atoms with E-state index in [4.69, 9.17) is 23.2 Å². The number of pyridine rings is 1. The van der Waals surface area contributed by atoms with Crippen LogP contribution in [-0.2, 0) is 6.18 Å². The summed E-state index contributed by atoms with van der Waals surface area (Å²) in [4.78, 5) is 28.4. The molecule has 0 saturated heterocycles. The minimum Gasteiger partial charge on any atom is -0.381 e. The third-order valence-electron chi connectivity index (χ3n) is 4.03. The predicted molar refractivity (Wildman–Crippen MR) is 109 cm³/mol. The topological polar surface area (TPSA) is 83.1 Å². The van der Waals surface area contributed by atoms with Gasteiger partial charge in [-0.25, -0.2) is 9.78 Å². The molecule has 1 aromatic carbocycles. The number of hydrogen-bond donors (Lipinski definition) is 3. The number of hydrogen-bond acceptors (Lipinski definition) is 5. The highest BCUT2D eigenvalue weighted by Gasteiger charge is 2.32. The first-order valence-corrected chi connectivity index (χ1v) is 10.2. The lowest BCUT2D eigenvalue weighted by atomic mass is 10.2. The Morgan fingerprint density at radius 2 is 1.90 bits per heavy atom. The molecule has 1 saturated carbocycles. The molecule has 2 aromatic rings. The number of benzene rings is 1. The largest absolute Gasteiger partial charge is 0.417 e. The maximum atomic E-state index is 12.7. The first-order valence-electron chi connectivity index (χ1n) is 8.62. The normalized spacial score (nSPS) is 13.7. The van der Waals surface area contributed by atoms with Gasteiger partial charge in [-0.1, -0.05) is 23.2 Å². The number of imide groups is 1. The van der Waals surface area contributed by atoms with Gasteiger partial charge in [0.25, 0.3) is 5.91 Å². The third-order valence-corrected chi connectivity index (χ3v) is 5.57. The summed E-state index contributed by atoms with van der Waals surface area (Å²) in [5.74, 6) is -1.03. The Balaban J connectivity index is 1.64. The zero-order valence-corrected chi connectivity index (χ0v) is 17.7. The standard InChI is InChI=1S/C18H15Cl2F3N4O2S/c1-8-4-10(19)6-13(25-11-2-3-11)15(8)30-27-17(29)26-16(28)14-12(20)5-9(7-24-14)18(21,22)23/h4-7,11,25H,2-3H2,1H3,(H2,26,27,28,29). The summed E-state index contributed by atoms with van der Waals surface area (Å²) < 4.78 is 40.5. The molecule has 1 aliphatic rings. The van der Waals surface area contributed by atoms with Crippen LogP contribution in [0.3, 0.4) is 0 Å². The number of carbonyl (C=O) groups is 2. The number of rotatable bonds is 5. The molecule has 12 heteroatoms. The molecule has 0 spiro atoms. The molecular formula is C18H15Cl2F3N4O2S. The van der Waals surface area contributed by atoms with E-state index in [0.717, 1.165) is 40.9 Å². The van der Waals surface area contributed by atoms with E-state index in [2.05, 4.69) is 15.0 Å². The maximum Gasteiger partial charge on any atom is 0.417 e. The van der Waals surface area contributed by atoms with Crippen molar-refractivity contribution in [2.45, 2.75) is 36.9 Å². The number of amides is 3. The van der Waals surface area contributed by atoms with E-state index in [9.17, 15) is 22.8 Å². The lowest BCUT2D eigenvalue weighted by Gasteiger charge is -2.15. The van der Waals surface area contributed by atoms with E-state index in [1.165, 1.54) is 0 Å². The summed E-state index contributed by atoms with van der Waals surface area (Å²) in [6.07, 6.45) is -2.10. The van der Waals surface area contributed by atoms with Crippen molar-refractivity contribution in [3.63, 3.8) is 0 Å². The monoisotopic (exact) mass is 478 g/mol. The van der Waals surface area contributed by atoms with Crippen LogP contribution >= 0.6 is 35.1 Å². The average molecular weight is 479 g/mol. The summed E-state index contributed by atoms with van der Waals surface area (Å²) >= 11 is 12.8. The number of anilines is 1. The number of urea groups is 1. The highest BCUT2D eigenvalue weighted by atomic mass is 35.5. The van der Waals surface area contributed by atoms with Gasteiger partial charge >= 0.3 is 12.2 Å². The second-order valence-electron chi connectivity index (χ2n) is 6.56. The van der Waals surface area contributed by atoms with Gasteiger partial charge in [0, 0.05) is 17.3 Å². The highest BCUT2D eigenvalue weighted by molar-refractivity contribution is 7.98. The smallest absolute Gasteiger partial charge is 0.381 e. The Morgan fingerprint density at radius 3 is 2.50 bits per heavy atom. The Morgan fingerprint density at radius 1 is 1.20 bits per heavy atom. The number of aryl methyl sites for hydroxylation is 1. The van der Waals surface area contributed by atoms with Gasteiger partial charge < -0.3 is 5.32 Å². The van der Waals surface area contributed by atoms with Gasteiger partial charge in [0.05, 0.1) is 21.2 Å². The summed E-state index contributed by atoms with van der Waals surface area (Å²) in [6, 6.07) is 3.52. The number of carbonyl (C=O) groups excluding carboxylic acids is 2. The van der Waals surface area contributed by atoms with Crippen molar-refractivity contribution in [2.75, 3.05) is 5.32 Å². The molecule has 0 atom stereocenters. The lowest BCUT2D eigenvalue weighted by molar-refractivity contribution is -0.137. The number of nitrogens with one attached hydrogen (secondary N) is 3. The minimum atomic E-state index is -4.65. The molecule has 6 nitrogen and oxygen atoms in total. The van der Waals surface area contributed by atoms with E-state index < -0.39 is 34.4 Å². The quantitative estimate of drug-likeness (QED) is 0.498. The van der Waals surface area contributed by atoms with Crippen LogP contribution in [0.4, 0.5) is 23.7 Å². The molecule has 3 N–H and O–H groups in total. The molecule has 1 aromatic heterocycles. The average Bonchev–Trinajstić information content (AvgIpc) is 3.43. The van der Waals surface area contributed by atoms with Crippen LogP contribution < -0.4 is 15.4 Å². The first-order chi connectivity index (χ1) is 14.0. The Hall–Kier alpha value is -2.17. The number of aromatic nitrogens is 1. The summed E-state index contributed by atoms with van der Waals surface area (Å²) in [6.45, 7) is 1.82. The molecule has 3 rings (SSSR count). The zero-order valence-electron chi connectivity index (χ0n) is 15.4. The van der Waals surface area contributed by atoms with E-state index in [0.29, 0.717) is 23.3 Å². The van der Waals surface area contributed by atoms with Gasteiger partial charge in [-0.2, -0.15) is 13.2 Å². The molecule has 0 unspecified atom stereocenters. The Kier molecular flexibility index (Phi) is 6.68. The molecule has 160 valence electrons. The van der Waals surface area contributed by atoms with Crippen molar-refractivity contribution in [3.05, 3.63) is 51.3 Å². The first kappa shape index (κ1) is 22.5. The molecule has 0 radical (unpaired) electrons. The van der Waals surface area contributed by atoms with E-state index in [-0.39, 0.29) is 0 Å². The van der Waals surface area contributed by atoms with E-state index in [1.807, 2.05) is 12.2 Å². The van der Waals surface area contributed by atoms with Gasteiger partial charge in [0.1, 0.15) is 5.69 Å². The SMILES string of the molecule is Cc1cc(Cl)cc(NC2CC2)c1SNC(=O)NC(=O)c1ncc(C(F)(F)F)cc1Cl. The van der Waals surface area contributed by atoms with Crippen LogP contribution in [0.15, 0.2) is 29.3 Å². The summed E-state index contributed by atoms with van der Waals surface area (Å²) in [5.41, 5.74) is -0.0251. The van der Waals surface area contributed by atoms with Crippen LogP contribution in [0.1, 0.15) is 34.5 Å². The van der Waals surface area contributed by atoms with Gasteiger partial charge in [-0.3, -0.25) is 14.8 Å². The van der Waals surface area contributed by atoms with Gasteiger partial charge in [0.15, 0.2) is 0 Å². The van der Waals surface area contributed by atoms with Crippen LogP contribution in [0, 0.1) is 6.92 Å². The van der Waals surface area contributed by atoms with Crippen LogP contribution in [0.5, 0.6) is 0 Å². The summed E-state index contributed by atoms with van der Waals surface area (Å²) in [7, 11) is 0. The van der Waals surface area contributed by atoms with E-state index >= 15 is 0 Å². The highest BCUT2D eigenvalue weighted by Crippen LogP contribution is 2.35. The minimum absolute atomic E-state index is 0.352. The third kappa shape index (κ3) is 5.71. The molecule has 1 heterocycles. The van der Waals surface area contributed by atoms with Crippen molar-refractivity contribution in [1.29, 1.82) is 0 Å². The predicted octanol–water partition coefficient (Wildman–Crippen LogP) is 5.44. The molecule has 1 fully saturated rings. The van der Waals surface area contributed by atoms with Crippen molar-refractivity contribution < 1.29 is 22.8 Å². The Bertz CT molecular complexity index is 1000. The van der Waals surface area contributed by atoms with Crippen LogP contribution in [0.2, 0.25) is 10.0 Å². The fourth-order valence-electron chi connectivity index (χ4n) is 2.47. The Labute approximate surface area is 184 Å². The van der Waals surface area contributed by atoms with Gasteiger partial charge in [0.2, 0.25) is 0 Å². The fourth-order valence-corrected chi connectivity index (χ4v) is 3.68. The van der Waals surface area contributed by atoms with Crippen molar-refractivity contribution in [1.82, 2.24) is 15.0 Å². The second-order valence-corrected chi connectivity index (χ2v) is 8.22. The number of nitrogens with zero attached hydrogens (tertiary/aromatic N) is 1. The second kappa shape index (κ2) is 8.91. The lowest BCUT2D eigenvalue weighted by Crippen LogP contribution is -2.37. The summed E-state index contributed by atoms with van der Waals surface area (Å²) in [5, 5.41) is 5.33. The maximum absolute atomic E-state index is 12.7. The van der Waals surface area contributed by atoms with E-state index in [1.54, 1.807) is 12.1 Å². The van der Waals surface area contributed by atoms with Gasteiger partial charge in [-0.05, 0) is 55.5 Å². The molecular weight excluding hydrogens is 464 g/mol. The molecule has 30 heavy (non-hydrogen) atoms. The molecule has 3 amide bonds. The van der Waals surface area contributed by atoms with Crippen LogP contribution in [0.25, 0.3) is 0 Å². The number of alkyl halides is 3. The number of halogens is 5. The van der Waals surface area contributed by atoms with Gasteiger partial charge in [-0.15, -0.1) is 0 Å². The van der Waals surface area contributed by atoms with Crippen molar-refractivity contribution >= 4 is 52.8 Å². The fraction of sp³-hybridized carbons (Fsp3) is 0.278. The molecule has 1 aliphatic carbocycles. The van der Waals surface area contributed by atoms with Crippen molar-refractivity contribution in [2.24, 2.45) is 0 Å².